The van der Waals surface area contributed by atoms with Crippen LogP contribution in [0.2, 0.25) is 0 Å². The van der Waals surface area contributed by atoms with E-state index in [9.17, 15) is 4.79 Å². The highest BCUT2D eigenvalue weighted by atomic mass is 32.1. The van der Waals surface area contributed by atoms with Gasteiger partial charge < -0.3 is 5.73 Å². The van der Waals surface area contributed by atoms with Gasteiger partial charge >= 0.3 is 0 Å². The third kappa shape index (κ3) is 5.65. The highest BCUT2D eigenvalue weighted by molar-refractivity contribution is 7.80. The number of nitrogens with two attached hydrogens (primary N) is 1. The largest absolute Gasteiger partial charge is 0.330 e. The van der Waals surface area contributed by atoms with Crippen molar-refractivity contribution < 1.29 is 4.79 Å². The summed E-state index contributed by atoms with van der Waals surface area (Å²) in [6, 6.07) is 0. The van der Waals surface area contributed by atoms with Crippen LogP contribution in [0.5, 0.6) is 0 Å². The number of hydrogen-bond donors (Lipinski definition) is 2. The third-order valence-corrected chi connectivity index (χ3v) is 0.946. The minimum atomic E-state index is -0.119. The summed E-state index contributed by atoms with van der Waals surface area (Å²) in [5, 5.41) is 3.64. The average molecular weight is 147 g/mol. The second kappa shape index (κ2) is 5.91. The predicted octanol–water partition coefficient (Wildman–Crippen LogP) is -0.604. The van der Waals surface area contributed by atoms with Gasteiger partial charge in [0.15, 0.2) is 0 Å². The average Bonchev–Trinajstić information content (AvgIpc) is 1.85. The molecule has 9 heavy (non-hydrogen) atoms. The molecule has 53 valence electrons. The molecule has 0 fully saturated rings. The molecule has 0 aromatic heterocycles. The van der Waals surface area contributed by atoms with Gasteiger partial charge in [-0.2, -0.15) is 12.6 Å². The fourth-order valence-electron chi connectivity index (χ4n) is 0.377. The van der Waals surface area contributed by atoms with E-state index >= 15 is 0 Å². The van der Waals surface area contributed by atoms with E-state index in [1.165, 1.54) is 0 Å². The number of thiol groups is 1. The molecular weight excluding hydrogens is 136 g/mol. The molecule has 3 nitrogen and oxygen atoms in total. The maximum absolute atomic E-state index is 10.5. The van der Waals surface area contributed by atoms with Gasteiger partial charge in [-0.25, -0.2) is 0 Å². The van der Waals surface area contributed by atoms with Crippen LogP contribution >= 0.6 is 12.6 Å². The molecule has 0 aromatic rings. The molecule has 0 rings (SSSR count). The lowest BCUT2D eigenvalue weighted by atomic mass is 10.4. The van der Waals surface area contributed by atoms with Gasteiger partial charge in [0, 0.05) is 18.7 Å². The van der Waals surface area contributed by atoms with Gasteiger partial charge in [-0.15, -0.1) is 0 Å². The van der Waals surface area contributed by atoms with Crippen molar-refractivity contribution in [3.05, 3.63) is 0 Å². The van der Waals surface area contributed by atoms with Gasteiger partial charge in [0.2, 0.25) is 5.91 Å². The standard InChI is InChI=1S/C5H11N2OS/c6-2-1-5(8)7-3-4-9/h9H,1-4,6H2. The Morgan fingerprint density at radius 2 is 2.33 bits per heavy atom. The normalized spacial score (nSPS) is 9.11. The molecule has 0 unspecified atom stereocenters. The zero-order chi connectivity index (χ0) is 7.11. The number of carbonyl (C=O) groups is 1. The molecule has 0 spiro atoms. The minimum Gasteiger partial charge on any atom is -0.330 e. The molecule has 0 atom stereocenters. The lowest BCUT2D eigenvalue weighted by Crippen LogP contribution is -2.20. The SMILES string of the molecule is NCCC(=O)[N]CCS. The topological polar surface area (TPSA) is 57.2 Å². The third-order valence-electron chi connectivity index (χ3n) is 0.746. The highest BCUT2D eigenvalue weighted by Gasteiger charge is 1.97. The molecule has 0 aliphatic carbocycles. The smallest absolute Gasteiger partial charge is 0.242 e. The number of rotatable bonds is 4. The number of hydrogen-bond acceptors (Lipinski definition) is 3. The molecule has 0 heterocycles. The minimum absolute atomic E-state index is 0.119. The second-order valence-corrected chi connectivity index (χ2v) is 1.98. The number of amides is 1. The molecule has 0 aliphatic rings. The van der Waals surface area contributed by atoms with E-state index < -0.39 is 0 Å². The van der Waals surface area contributed by atoms with Crippen molar-refractivity contribution in [3.63, 3.8) is 0 Å². The van der Waals surface area contributed by atoms with Crippen molar-refractivity contribution in [2.24, 2.45) is 5.73 Å². The van der Waals surface area contributed by atoms with Crippen molar-refractivity contribution in [3.8, 4) is 0 Å². The Hall–Kier alpha value is -0.220. The van der Waals surface area contributed by atoms with Gasteiger partial charge in [-0.1, -0.05) is 0 Å². The molecule has 0 saturated heterocycles. The summed E-state index contributed by atoms with van der Waals surface area (Å²) in [4.78, 5) is 10.5. The van der Waals surface area contributed by atoms with Crippen LogP contribution in [0.25, 0.3) is 0 Å². The first kappa shape index (κ1) is 8.78. The van der Waals surface area contributed by atoms with Crippen molar-refractivity contribution in [2.75, 3.05) is 18.8 Å². The van der Waals surface area contributed by atoms with Crippen LogP contribution in [0, 0.1) is 0 Å². The van der Waals surface area contributed by atoms with E-state index in [4.69, 9.17) is 5.73 Å². The van der Waals surface area contributed by atoms with E-state index in [1.54, 1.807) is 0 Å². The quantitative estimate of drug-likeness (QED) is 0.521. The lowest BCUT2D eigenvalue weighted by Gasteiger charge is -1.95. The fraction of sp³-hybridized carbons (Fsp3) is 0.800. The van der Waals surface area contributed by atoms with Gasteiger partial charge in [-0.05, 0) is 0 Å². The Morgan fingerprint density at radius 3 is 2.78 bits per heavy atom. The number of carbonyl (C=O) groups excluding carboxylic acids is 1. The van der Waals surface area contributed by atoms with Crippen molar-refractivity contribution in [1.82, 2.24) is 5.32 Å². The van der Waals surface area contributed by atoms with Crippen molar-refractivity contribution in [2.45, 2.75) is 6.42 Å². The predicted molar refractivity (Wildman–Crippen MR) is 39.5 cm³/mol. The van der Waals surface area contributed by atoms with E-state index in [0.717, 1.165) is 0 Å². The molecule has 1 radical (unpaired) electrons. The Morgan fingerprint density at radius 1 is 1.67 bits per heavy atom. The molecule has 0 bridgehead atoms. The summed E-state index contributed by atoms with van der Waals surface area (Å²) >= 11 is 3.89. The van der Waals surface area contributed by atoms with Crippen LogP contribution < -0.4 is 11.1 Å². The summed E-state index contributed by atoms with van der Waals surface area (Å²) in [6.45, 7) is 0.886. The van der Waals surface area contributed by atoms with E-state index in [2.05, 4.69) is 17.9 Å². The van der Waals surface area contributed by atoms with Crippen LogP contribution in [0.1, 0.15) is 6.42 Å². The Balaban J connectivity index is 3.06. The number of nitrogens with zero attached hydrogens (tertiary/aromatic N) is 1. The molecule has 0 saturated carbocycles. The van der Waals surface area contributed by atoms with E-state index in [-0.39, 0.29) is 5.91 Å². The van der Waals surface area contributed by atoms with Crippen LogP contribution in [0.4, 0.5) is 0 Å². The van der Waals surface area contributed by atoms with Crippen LogP contribution in [0.3, 0.4) is 0 Å². The van der Waals surface area contributed by atoms with Gasteiger partial charge in [-0.3, -0.25) is 10.1 Å². The fourth-order valence-corrected chi connectivity index (χ4v) is 0.477. The Labute approximate surface area is 60.4 Å². The summed E-state index contributed by atoms with van der Waals surface area (Å²) in [6.07, 6.45) is 0.355. The summed E-state index contributed by atoms with van der Waals surface area (Å²) in [5.74, 6) is 0.502. The molecule has 4 heteroatoms. The first-order chi connectivity index (χ1) is 4.31. The second-order valence-electron chi connectivity index (χ2n) is 1.54. The molecular formula is C5H11N2OS. The highest BCUT2D eigenvalue weighted by Crippen LogP contribution is 1.77. The van der Waals surface area contributed by atoms with E-state index in [0.29, 0.717) is 25.3 Å². The van der Waals surface area contributed by atoms with Crippen molar-refractivity contribution in [1.29, 1.82) is 0 Å². The Kier molecular flexibility index (Phi) is 5.76. The molecule has 2 N–H and O–H groups in total. The monoisotopic (exact) mass is 147 g/mol. The maximum Gasteiger partial charge on any atom is 0.242 e. The Bertz CT molecular complexity index is 87.0. The van der Waals surface area contributed by atoms with Gasteiger partial charge in [0.1, 0.15) is 0 Å². The summed E-state index contributed by atoms with van der Waals surface area (Å²) in [7, 11) is 0. The first-order valence-electron chi connectivity index (χ1n) is 2.82. The summed E-state index contributed by atoms with van der Waals surface area (Å²) < 4.78 is 0. The molecule has 1 amide bonds. The van der Waals surface area contributed by atoms with Gasteiger partial charge in [0.25, 0.3) is 0 Å². The molecule has 0 aliphatic heterocycles. The first-order valence-corrected chi connectivity index (χ1v) is 3.45. The van der Waals surface area contributed by atoms with Gasteiger partial charge in [0.05, 0.1) is 6.54 Å². The van der Waals surface area contributed by atoms with Crippen LogP contribution in [-0.4, -0.2) is 24.7 Å². The maximum atomic E-state index is 10.5. The van der Waals surface area contributed by atoms with E-state index in [1.807, 2.05) is 0 Å². The summed E-state index contributed by atoms with van der Waals surface area (Å²) in [5.41, 5.74) is 5.10. The zero-order valence-corrected chi connectivity index (χ0v) is 6.10. The lowest BCUT2D eigenvalue weighted by molar-refractivity contribution is -0.121. The van der Waals surface area contributed by atoms with Crippen molar-refractivity contribution >= 4 is 18.5 Å². The zero-order valence-electron chi connectivity index (χ0n) is 5.21. The molecule has 0 aromatic carbocycles. The van der Waals surface area contributed by atoms with Crippen LogP contribution in [0.15, 0.2) is 0 Å². The van der Waals surface area contributed by atoms with Crippen LogP contribution in [-0.2, 0) is 4.79 Å².